The summed E-state index contributed by atoms with van der Waals surface area (Å²) in [6, 6.07) is 0.483. The topological polar surface area (TPSA) is 73.8 Å². The highest BCUT2D eigenvalue weighted by Crippen LogP contribution is 2.28. The van der Waals surface area contributed by atoms with Gasteiger partial charge in [-0.25, -0.2) is 12.7 Å². The van der Waals surface area contributed by atoms with E-state index in [4.69, 9.17) is 0 Å². The van der Waals surface area contributed by atoms with Crippen LogP contribution in [0.15, 0.2) is 4.99 Å². The number of aliphatic imine (C=N–C) groups is 1. The van der Waals surface area contributed by atoms with Crippen molar-refractivity contribution in [3.05, 3.63) is 0 Å². The molecule has 124 valence electrons. The number of sulfonamides is 1. The molecular weight excluding hydrogens is 423 g/mol. The van der Waals surface area contributed by atoms with E-state index in [1.54, 1.807) is 11.4 Å². The smallest absolute Gasteiger partial charge is 0.215 e. The predicted molar refractivity (Wildman–Crippen MR) is 100 cm³/mol. The normalized spacial score (nSPS) is 26.9. The molecule has 9 heteroatoms. The van der Waals surface area contributed by atoms with Crippen LogP contribution in [0.3, 0.4) is 0 Å². The second kappa shape index (κ2) is 8.78. The molecular formula is C12H25IN4O2S2. The Morgan fingerprint density at radius 1 is 1.38 bits per heavy atom. The molecule has 2 rings (SSSR count). The highest BCUT2D eigenvalue weighted by atomic mass is 127. The molecule has 0 bridgehead atoms. The van der Waals surface area contributed by atoms with Gasteiger partial charge in [0.05, 0.1) is 5.75 Å². The minimum absolute atomic E-state index is 0. The van der Waals surface area contributed by atoms with Crippen LogP contribution in [-0.4, -0.2) is 68.7 Å². The number of hydrogen-bond acceptors (Lipinski definition) is 4. The number of halogens is 1. The van der Waals surface area contributed by atoms with Crippen LogP contribution in [0.1, 0.15) is 13.3 Å². The number of rotatable bonds is 5. The van der Waals surface area contributed by atoms with Crippen molar-refractivity contribution >= 4 is 51.7 Å². The van der Waals surface area contributed by atoms with E-state index in [1.807, 2.05) is 11.8 Å². The second-order valence-electron chi connectivity index (χ2n) is 5.29. The summed E-state index contributed by atoms with van der Waals surface area (Å²) in [6.45, 7) is 3.86. The largest absolute Gasteiger partial charge is 0.355 e. The summed E-state index contributed by atoms with van der Waals surface area (Å²) in [6.07, 6.45) is 1.16. The van der Waals surface area contributed by atoms with Gasteiger partial charge in [-0.1, -0.05) is 6.92 Å². The summed E-state index contributed by atoms with van der Waals surface area (Å²) in [5.41, 5.74) is 0. The van der Waals surface area contributed by atoms with Crippen molar-refractivity contribution in [3.8, 4) is 0 Å². The number of thioether (sulfide) groups is 1. The summed E-state index contributed by atoms with van der Waals surface area (Å²) >= 11 is 1.81. The van der Waals surface area contributed by atoms with Gasteiger partial charge in [-0.2, -0.15) is 11.8 Å². The lowest BCUT2D eigenvalue weighted by Crippen LogP contribution is -2.44. The molecule has 2 unspecified atom stereocenters. The minimum Gasteiger partial charge on any atom is -0.355 e. The van der Waals surface area contributed by atoms with Crippen LogP contribution < -0.4 is 10.6 Å². The van der Waals surface area contributed by atoms with Gasteiger partial charge in [0, 0.05) is 44.2 Å². The van der Waals surface area contributed by atoms with Gasteiger partial charge < -0.3 is 10.6 Å². The van der Waals surface area contributed by atoms with Crippen LogP contribution >= 0.6 is 35.7 Å². The number of nitrogens with zero attached hydrogens (tertiary/aromatic N) is 2. The number of guanidine groups is 1. The Labute approximate surface area is 149 Å². The fourth-order valence-corrected chi connectivity index (χ4v) is 4.64. The maximum atomic E-state index is 12.2. The highest BCUT2D eigenvalue weighted by Gasteiger charge is 2.33. The summed E-state index contributed by atoms with van der Waals surface area (Å²) in [4.78, 5) is 4.12. The van der Waals surface area contributed by atoms with Crippen molar-refractivity contribution in [3.63, 3.8) is 0 Å². The first-order valence-electron chi connectivity index (χ1n) is 7.05. The standard InChI is InChI=1S/C12H24N4O2S2.HI/c1-10-9-11(10)15-12(13-2)14-3-8-20(17,18)16-4-6-19-7-5-16;/h10-11H,3-9H2,1-2H3,(H2,13,14,15);1H. The van der Waals surface area contributed by atoms with Crippen LogP contribution in [-0.2, 0) is 10.0 Å². The van der Waals surface area contributed by atoms with Crippen molar-refractivity contribution in [2.75, 3.05) is 43.9 Å². The van der Waals surface area contributed by atoms with Crippen molar-refractivity contribution in [2.45, 2.75) is 19.4 Å². The molecule has 0 spiro atoms. The third-order valence-corrected chi connectivity index (χ3v) is 6.49. The van der Waals surface area contributed by atoms with Gasteiger partial charge in [0.25, 0.3) is 0 Å². The van der Waals surface area contributed by atoms with Crippen LogP contribution in [0.2, 0.25) is 0 Å². The van der Waals surface area contributed by atoms with Gasteiger partial charge in [-0.05, 0) is 12.3 Å². The first kappa shape index (κ1) is 19.3. The molecule has 0 radical (unpaired) electrons. The molecule has 1 heterocycles. The Balaban J connectivity index is 0.00000220. The Kier molecular flexibility index (Phi) is 8.07. The maximum absolute atomic E-state index is 12.2. The molecule has 1 saturated carbocycles. The SMILES string of the molecule is CN=C(NCCS(=O)(=O)N1CCSCC1)NC1CC1C.I. The lowest BCUT2D eigenvalue weighted by molar-refractivity contribution is 0.443. The molecule has 1 aliphatic heterocycles. The summed E-state index contributed by atoms with van der Waals surface area (Å²) in [7, 11) is -1.43. The molecule has 21 heavy (non-hydrogen) atoms. The molecule has 0 aromatic carbocycles. The van der Waals surface area contributed by atoms with Crippen LogP contribution in [0.5, 0.6) is 0 Å². The summed E-state index contributed by atoms with van der Waals surface area (Å²) < 4.78 is 25.9. The van der Waals surface area contributed by atoms with Gasteiger partial charge in [-0.15, -0.1) is 24.0 Å². The fraction of sp³-hybridized carbons (Fsp3) is 0.917. The van der Waals surface area contributed by atoms with E-state index in [0.717, 1.165) is 17.9 Å². The van der Waals surface area contributed by atoms with E-state index < -0.39 is 10.0 Å². The van der Waals surface area contributed by atoms with Gasteiger partial charge >= 0.3 is 0 Å². The molecule has 0 amide bonds. The van der Waals surface area contributed by atoms with E-state index in [2.05, 4.69) is 22.5 Å². The molecule has 0 aromatic heterocycles. The maximum Gasteiger partial charge on any atom is 0.215 e. The van der Waals surface area contributed by atoms with Crippen molar-refractivity contribution in [1.29, 1.82) is 0 Å². The van der Waals surface area contributed by atoms with Crippen molar-refractivity contribution in [1.82, 2.24) is 14.9 Å². The molecule has 1 saturated heterocycles. The van der Waals surface area contributed by atoms with E-state index in [1.165, 1.54) is 0 Å². The first-order valence-corrected chi connectivity index (χ1v) is 9.82. The Bertz CT molecular complexity index is 452. The van der Waals surface area contributed by atoms with Crippen LogP contribution in [0, 0.1) is 5.92 Å². The lowest BCUT2D eigenvalue weighted by atomic mass is 10.5. The van der Waals surface area contributed by atoms with Crippen molar-refractivity contribution in [2.24, 2.45) is 10.9 Å². The van der Waals surface area contributed by atoms with E-state index in [-0.39, 0.29) is 29.7 Å². The van der Waals surface area contributed by atoms with E-state index in [9.17, 15) is 8.42 Å². The molecule has 0 aromatic rings. The van der Waals surface area contributed by atoms with Crippen molar-refractivity contribution < 1.29 is 8.42 Å². The quantitative estimate of drug-likeness (QED) is 0.365. The third kappa shape index (κ3) is 6.11. The lowest BCUT2D eigenvalue weighted by Gasteiger charge is -2.25. The zero-order chi connectivity index (χ0) is 14.6. The molecule has 2 N–H and O–H groups in total. The molecule has 1 aliphatic carbocycles. The van der Waals surface area contributed by atoms with Gasteiger partial charge in [-0.3, -0.25) is 4.99 Å². The second-order valence-corrected chi connectivity index (χ2v) is 8.60. The molecule has 2 aliphatic rings. The zero-order valence-corrected chi connectivity index (χ0v) is 16.5. The molecule has 6 nitrogen and oxygen atoms in total. The number of nitrogens with one attached hydrogen (secondary N) is 2. The average molecular weight is 448 g/mol. The Hall–Kier alpha value is 0.260. The van der Waals surface area contributed by atoms with Crippen LogP contribution in [0.4, 0.5) is 0 Å². The highest BCUT2D eigenvalue weighted by molar-refractivity contribution is 14.0. The average Bonchev–Trinajstić information content (AvgIpc) is 3.14. The van der Waals surface area contributed by atoms with Gasteiger partial charge in [0.15, 0.2) is 5.96 Å². The van der Waals surface area contributed by atoms with Gasteiger partial charge in [0.1, 0.15) is 0 Å². The van der Waals surface area contributed by atoms with E-state index >= 15 is 0 Å². The predicted octanol–water partition coefficient (Wildman–Crippen LogP) is 0.556. The minimum atomic E-state index is -3.14. The summed E-state index contributed by atoms with van der Waals surface area (Å²) in [5, 5.41) is 6.37. The third-order valence-electron chi connectivity index (χ3n) is 3.67. The van der Waals surface area contributed by atoms with Gasteiger partial charge in [0.2, 0.25) is 10.0 Å². The zero-order valence-electron chi connectivity index (χ0n) is 12.5. The molecule has 2 fully saturated rings. The number of hydrogen-bond donors (Lipinski definition) is 2. The molecule has 2 atom stereocenters. The first-order chi connectivity index (χ1) is 9.53. The monoisotopic (exact) mass is 448 g/mol. The van der Waals surface area contributed by atoms with E-state index in [0.29, 0.717) is 37.6 Å². The Morgan fingerprint density at radius 2 is 2.00 bits per heavy atom. The fourth-order valence-electron chi connectivity index (χ4n) is 2.15. The van der Waals surface area contributed by atoms with Crippen LogP contribution in [0.25, 0.3) is 0 Å². The summed E-state index contributed by atoms with van der Waals surface area (Å²) in [5.74, 6) is 3.30. The Morgan fingerprint density at radius 3 is 2.52 bits per heavy atom.